The number of nitrogens with zero attached hydrogens (tertiary/aromatic N) is 3. The third-order valence-electron chi connectivity index (χ3n) is 4.22. The number of hydrogen-bond donors (Lipinski definition) is 2. The summed E-state index contributed by atoms with van der Waals surface area (Å²) in [7, 11) is 0. The van der Waals surface area contributed by atoms with E-state index < -0.39 is 0 Å². The Balaban J connectivity index is 1.51. The van der Waals surface area contributed by atoms with E-state index in [4.69, 9.17) is 0 Å². The van der Waals surface area contributed by atoms with E-state index in [9.17, 15) is 9.90 Å². The van der Waals surface area contributed by atoms with Gasteiger partial charge >= 0.3 is 0 Å². The molecule has 1 amide bonds. The maximum Gasteiger partial charge on any atom is 0.282 e. The predicted molar refractivity (Wildman–Crippen MR) is 92.7 cm³/mol. The quantitative estimate of drug-likeness (QED) is 0.830. The average Bonchev–Trinajstić information content (AvgIpc) is 3.24. The number of benzene rings is 1. The number of carbonyl (C=O) groups is 1. The molecule has 2 aromatic rings. The Morgan fingerprint density at radius 2 is 2.17 bits per heavy atom. The van der Waals surface area contributed by atoms with Crippen molar-refractivity contribution in [3.8, 4) is 0 Å². The second kappa shape index (κ2) is 7.83. The highest BCUT2D eigenvalue weighted by Gasteiger charge is 2.23. The largest absolute Gasteiger partial charge is 0.396 e. The number of aliphatic hydroxyl groups is 1. The molecule has 24 heavy (non-hydrogen) atoms. The van der Waals surface area contributed by atoms with Crippen molar-refractivity contribution in [1.82, 2.24) is 20.4 Å². The van der Waals surface area contributed by atoms with E-state index in [1.54, 1.807) is 0 Å². The zero-order valence-corrected chi connectivity index (χ0v) is 14.6. The number of hydrogen-bond acceptors (Lipinski definition) is 6. The maximum absolute atomic E-state index is 12.2. The van der Waals surface area contributed by atoms with Crippen LogP contribution in [0, 0.1) is 12.8 Å². The molecule has 3 rings (SSSR count). The van der Waals surface area contributed by atoms with Crippen LogP contribution in [0.25, 0.3) is 0 Å². The first kappa shape index (κ1) is 17.0. The van der Waals surface area contributed by atoms with Crippen molar-refractivity contribution in [3.63, 3.8) is 0 Å². The first-order chi connectivity index (χ1) is 11.6. The lowest BCUT2D eigenvalue weighted by Gasteiger charge is -2.12. The lowest BCUT2D eigenvalue weighted by Crippen LogP contribution is -2.22. The van der Waals surface area contributed by atoms with Gasteiger partial charge in [0, 0.05) is 19.7 Å². The average molecular weight is 346 g/mol. The molecule has 2 heterocycles. The zero-order chi connectivity index (χ0) is 16.9. The van der Waals surface area contributed by atoms with Crippen LogP contribution < -0.4 is 5.32 Å². The SMILES string of the molecule is Cc1ccc(CNC(=O)c2nnc(CN3CCC(CO)C3)s2)cc1. The summed E-state index contributed by atoms with van der Waals surface area (Å²) in [6.45, 7) is 5.29. The third-order valence-corrected chi connectivity index (χ3v) is 5.13. The molecule has 1 aromatic heterocycles. The fourth-order valence-electron chi connectivity index (χ4n) is 2.77. The van der Waals surface area contributed by atoms with Gasteiger partial charge in [-0.1, -0.05) is 41.2 Å². The lowest BCUT2D eigenvalue weighted by atomic mass is 10.1. The van der Waals surface area contributed by atoms with Crippen LogP contribution >= 0.6 is 11.3 Å². The van der Waals surface area contributed by atoms with E-state index in [0.29, 0.717) is 24.0 Å². The van der Waals surface area contributed by atoms with E-state index in [1.165, 1.54) is 16.9 Å². The van der Waals surface area contributed by atoms with Crippen LogP contribution in [0.5, 0.6) is 0 Å². The minimum atomic E-state index is -0.186. The standard InChI is InChI=1S/C17H22N4O2S/c1-12-2-4-13(5-3-12)8-18-16(23)17-20-19-15(24-17)10-21-7-6-14(9-21)11-22/h2-5,14,22H,6-11H2,1H3,(H,18,23). The third kappa shape index (κ3) is 4.37. The Kier molecular flexibility index (Phi) is 5.55. The number of likely N-dealkylation sites (tertiary alicyclic amines) is 1. The van der Waals surface area contributed by atoms with E-state index in [0.717, 1.165) is 30.1 Å². The van der Waals surface area contributed by atoms with Gasteiger partial charge in [-0.2, -0.15) is 0 Å². The summed E-state index contributed by atoms with van der Waals surface area (Å²) in [5.41, 5.74) is 2.26. The van der Waals surface area contributed by atoms with Gasteiger partial charge in [0.05, 0.1) is 6.54 Å². The van der Waals surface area contributed by atoms with Crippen molar-refractivity contribution in [2.75, 3.05) is 19.7 Å². The monoisotopic (exact) mass is 346 g/mol. The Labute approximate surface area is 145 Å². The van der Waals surface area contributed by atoms with Gasteiger partial charge in [0.2, 0.25) is 5.01 Å². The number of aliphatic hydroxyl groups excluding tert-OH is 1. The second-order valence-electron chi connectivity index (χ2n) is 6.24. The molecule has 1 aliphatic heterocycles. The summed E-state index contributed by atoms with van der Waals surface area (Å²) < 4.78 is 0. The van der Waals surface area contributed by atoms with Crippen molar-refractivity contribution in [3.05, 3.63) is 45.4 Å². The minimum absolute atomic E-state index is 0.186. The molecule has 0 aliphatic carbocycles. The summed E-state index contributed by atoms with van der Waals surface area (Å²) in [5, 5.41) is 21.4. The van der Waals surface area contributed by atoms with Crippen molar-refractivity contribution in [1.29, 1.82) is 0 Å². The summed E-state index contributed by atoms with van der Waals surface area (Å²) in [5.74, 6) is 0.171. The maximum atomic E-state index is 12.2. The smallest absolute Gasteiger partial charge is 0.282 e. The van der Waals surface area contributed by atoms with Crippen LogP contribution in [-0.2, 0) is 13.1 Å². The van der Waals surface area contributed by atoms with Crippen molar-refractivity contribution < 1.29 is 9.90 Å². The number of amides is 1. The van der Waals surface area contributed by atoms with Crippen LogP contribution in [0.1, 0.15) is 32.4 Å². The molecule has 6 nitrogen and oxygen atoms in total. The van der Waals surface area contributed by atoms with Crippen LogP contribution in [0.4, 0.5) is 0 Å². The molecule has 0 bridgehead atoms. The summed E-state index contributed by atoms with van der Waals surface area (Å²) in [6.07, 6.45) is 1.01. The predicted octanol–water partition coefficient (Wildman–Crippen LogP) is 1.59. The van der Waals surface area contributed by atoms with Gasteiger partial charge in [0.1, 0.15) is 5.01 Å². The van der Waals surface area contributed by atoms with Gasteiger partial charge in [-0.15, -0.1) is 10.2 Å². The fraction of sp³-hybridized carbons (Fsp3) is 0.471. The first-order valence-corrected chi connectivity index (χ1v) is 8.95. The number of aromatic nitrogens is 2. The van der Waals surface area contributed by atoms with Crippen LogP contribution in [0.15, 0.2) is 24.3 Å². The van der Waals surface area contributed by atoms with E-state index >= 15 is 0 Å². The molecule has 1 unspecified atom stereocenters. The van der Waals surface area contributed by atoms with E-state index in [-0.39, 0.29) is 12.5 Å². The van der Waals surface area contributed by atoms with Gasteiger partial charge < -0.3 is 10.4 Å². The molecule has 1 aliphatic rings. The summed E-state index contributed by atoms with van der Waals surface area (Å²) in [4.78, 5) is 14.4. The van der Waals surface area contributed by atoms with Crippen molar-refractivity contribution in [2.45, 2.75) is 26.4 Å². The second-order valence-corrected chi connectivity index (χ2v) is 7.30. The van der Waals surface area contributed by atoms with Gasteiger partial charge in [0.15, 0.2) is 0 Å². The molecule has 1 saturated heterocycles. The molecule has 2 N–H and O–H groups in total. The Morgan fingerprint density at radius 1 is 1.38 bits per heavy atom. The van der Waals surface area contributed by atoms with Crippen molar-refractivity contribution in [2.24, 2.45) is 5.92 Å². The molecule has 0 radical (unpaired) electrons. The highest BCUT2D eigenvalue weighted by atomic mass is 32.1. The summed E-state index contributed by atoms with van der Waals surface area (Å²) in [6, 6.07) is 8.07. The molecule has 1 atom stereocenters. The molecule has 7 heteroatoms. The first-order valence-electron chi connectivity index (χ1n) is 8.13. The van der Waals surface area contributed by atoms with Crippen molar-refractivity contribution >= 4 is 17.2 Å². The fourth-order valence-corrected chi connectivity index (χ4v) is 3.57. The highest BCUT2D eigenvalue weighted by Crippen LogP contribution is 2.19. The van der Waals surface area contributed by atoms with E-state index in [1.807, 2.05) is 31.2 Å². The zero-order valence-electron chi connectivity index (χ0n) is 13.7. The molecule has 0 saturated carbocycles. The molecule has 0 spiro atoms. The van der Waals surface area contributed by atoms with Gasteiger partial charge in [0.25, 0.3) is 5.91 Å². The Morgan fingerprint density at radius 3 is 2.88 bits per heavy atom. The summed E-state index contributed by atoms with van der Waals surface area (Å²) >= 11 is 1.34. The highest BCUT2D eigenvalue weighted by molar-refractivity contribution is 7.13. The van der Waals surface area contributed by atoms with Gasteiger partial charge in [-0.25, -0.2) is 0 Å². The van der Waals surface area contributed by atoms with E-state index in [2.05, 4.69) is 20.4 Å². The van der Waals surface area contributed by atoms with Crippen LogP contribution in [-0.4, -0.2) is 45.8 Å². The Hall–Kier alpha value is -1.83. The lowest BCUT2D eigenvalue weighted by molar-refractivity contribution is 0.0950. The van der Waals surface area contributed by atoms with Gasteiger partial charge in [-0.3, -0.25) is 9.69 Å². The molecule has 128 valence electrons. The number of carbonyl (C=O) groups excluding carboxylic acids is 1. The molecular weight excluding hydrogens is 324 g/mol. The normalized spacial score (nSPS) is 18.0. The van der Waals surface area contributed by atoms with Crippen LogP contribution in [0.2, 0.25) is 0 Å². The topological polar surface area (TPSA) is 78.4 Å². The number of nitrogens with one attached hydrogen (secondary N) is 1. The molecule has 1 fully saturated rings. The minimum Gasteiger partial charge on any atom is -0.396 e. The number of rotatable bonds is 6. The molecular formula is C17H22N4O2S. The van der Waals surface area contributed by atoms with Gasteiger partial charge in [-0.05, 0) is 31.4 Å². The number of aryl methyl sites for hydroxylation is 1. The van der Waals surface area contributed by atoms with Crippen LogP contribution in [0.3, 0.4) is 0 Å². The Bertz CT molecular complexity index is 686. The molecule has 1 aromatic carbocycles.